The summed E-state index contributed by atoms with van der Waals surface area (Å²) in [7, 11) is 3.15. The summed E-state index contributed by atoms with van der Waals surface area (Å²) in [6.45, 7) is 0. The zero-order valence-electron chi connectivity index (χ0n) is 13.7. The van der Waals surface area contributed by atoms with Gasteiger partial charge in [-0.3, -0.25) is 13.9 Å². The summed E-state index contributed by atoms with van der Waals surface area (Å²) in [4.78, 5) is 30.0. The van der Waals surface area contributed by atoms with Crippen molar-refractivity contribution in [2.75, 3.05) is 0 Å². The van der Waals surface area contributed by atoms with Gasteiger partial charge in [0.15, 0.2) is 0 Å². The van der Waals surface area contributed by atoms with Crippen LogP contribution >= 0.6 is 11.6 Å². The van der Waals surface area contributed by atoms with Crippen LogP contribution in [0.3, 0.4) is 0 Å². The Morgan fingerprint density at radius 2 is 1.60 bits per heavy atom. The third-order valence-corrected chi connectivity index (χ3v) is 4.66. The molecule has 2 aromatic heterocycles. The maximum atomic E-state index is 12.9. The largest absolute Gasteiger partial charge is 0.330 e. The summed E-state index contributed by atoms with van der Waals surface area (Å²) in [6.07, 6.45) is 0. The van der Waals surface area contributed by atoms with E-state index in [1.54, 1.807) is 19.2 Å². The molecule has 0 N–H and O–H groups in total. The van der Waals surface area contributed by atoms with Gasteiger partial charge in [0.2, 0.25) is 0 Å². The van der Waals surface area contributed by atoms with Crippen LogP contribution in [-0.2, 0) is 14.1 Å². The van der Waals surface area contributed by atoms with E-state index in [0.717, 1.165) is 21.0 Å². The first-order chi connectivity index (χ1) is 12.0. The molecule has 0 aliphatic rings. The Hall–Kier alpha value is -2.92. The van der Waals surface area contributed by atoms with Gasteiger partial charge in [-0.15, -0.1) is 0 Å². The van der Waals surface area contributed by atoms with Crippen molar-refractivity contribution in [3.05, 3.63) is 74.4 Å². The van der Waals surface area contributed by atoms with Gasteiger partial charge in [-0.05, 0) is 18.2 Å². The molecule has 5 nitrogen and oxygen atoms in total. The molecule has 0 saturated carbocycles. The van der Waals surface area contributed by atoms with Crippen molar-refractivity contribution in [2.45, 2.75) is 0 Å². The summed E-state index contributed by atoms with van der Waals surface area (Å²) in [5, 5.41) is 1.80. The molecule has 0 bridgehead atoms. The molecule has 4 aromatic rings. The van der Waals surface area contributed by atoms with E-state index in [-0.39, 0.29) is 11.2 Å². The van der Waals surface area contributed by atoms with Gasteiger partial charge in [0.05, 0.1) is 22.1 Å². The SMILES string of the molecule is Cn1c(=O)c2c(-c3ccc(Cl)cc3)nc3ccccc3c2n(C)c1=O. The summed E-state index contributed by atoms with van der Waals surface area (Å²) >= 11 is 5.98. The van der Waals surface area contributed by atoms with Crippen LogP contribution in [0.1, 0.15) is 0 Å². The van der Waals surface area contributed by atoms with Crippen molar-refractivity contribution >= 4 is 33.4 Å². The van der Waals surface area contributed by atoms with Crippen LogP contribution in [0.5, 0.6) is 0 Å². The molecule has 124 valence electrons. The van der Waals surface area contributed by atoms with Gasteiger partial charge in [0, 0.05) is 30.1 Å². The first kappa shape index (κ1) is 15.6. The lowest BCUT2D eigenvalue weighted by atomic mass is 10.0. The fraction of sp³-hybridized carbons (Fsp3) is 0.105. The van der Waals surface area contributed by atoms with Crippen molar-refractivity contribution < 1.29 is 0 Å². The number of hydrogen-bond donors (Lipinski definition) is 0. The fourth-order valence-electron chi connectivity index (χ4n) is 3.14. The Kier molecular flexibility index (Phi) is 3.47. The van der Waals surface area contributed by atoms with E-state index in [1.807, 2.05) is 36.4 Å². The molecule has 0 fully saturated rings. The highest BCUT2D eigenvalue weighted by Gasteiger charge is 2.18. The van der Waals surface area contributed by atoms with Crippen LogP contribution in [0.2, 0.25) is 5.02 Å². The van der Waals surface area contributed by atoms with Crippen LogP contribution in [0.15, 0.2) is 58.1 Å². The first-order valence-electron chi connectivity index (χ1n) is 7.73. The Morgan fingerprint density at radius 1 is 0.920 bits per heavy atom. The standard InChI is InChI=1S/C19H14ClN3O2/c1-22-17-13-5-3-4-6-14(13)21-16(11-7-9-12(20)10-8-11)15(17)18(24)23(2)19(22)25/h3-10H,1-2H3. The number of halogens is 1. The number of fused-ring (bicyclic) bond motifs is 3. The van der Waals surface area contributed by atoms with E-state index < -0.39 is 0 Å². The Balaban J connectivity index is 2.32. The van der Waals surface area contributed by atoms with Gasteiger partial charge in [0.1, 0.15) is 0 Å². The Bertz CT molecular complexity index is 1250. The van der Waals surface area contributed by atoms with Crippen LogP contribution in [-0.4, -0.2) is 14.1 Å². The second-order valence-corrected chi connectivity index (χ2v) is 6.35. The van der Waals surface area contributed by atoms with Gasteiger partial charge in [-0.25, -0.2) is 9.78 Å². The maximum absolute atomic E-state index is 12.9. The second kappa shape index (κ2) is 5.57. The number of aryl methyl sites for hydroxylation is 1. The van der Waals surface area contributed by atoms with Gasteiger partial charge < -0.3 is 0 Å². The Morgan fingerprint density at radius 3 is 2.32 bits per heavy atom. The molecule has 6 heteroatoms. The lowest BCUT2D eigenvalue weighted by molar-refractivity contribution is 0.715. The molecule has 2 heterocycles. The predicted octanol–water partition coefficient (Wildman–Crippen LogP) is 3.11. The highest BCUT2D eigenvalue weighted by atomic mass is 35.5. The summed E-state index contributed by atoms with van der Waals surface area (Å²) in [5.41, 5.74) is 1.90. The third kappa shape index (κ3) is 2.27. The topological polar surface area (TPSA) is 56.9 Å². The van der Waals surface area contributed by atoms with Crippen LogP contribution in [0.25, 0.3) is 33.1 Å². The van der Waals surface area contributed by atoms with Crippen molar-refractivity contribution in [1.29, 1.82) is 0 Å². The molecule has 0 atom stereocenters. The maximum Gasteiger partial charge on any atom is 0.330 e. The molecular formula is C19H14ClN3O2. The van der Waals surface area contributed by atoms with E-state index >= 15 is 0 Å². The van der Waals surface area contributed by atoms with Crippen molar-refractivity contribution in [3.63, 3.8) is 0 Å². The van der Waals surface area contributed by atoms with Gasteiger partial charge in [-0.2, -0.15) is 0 Å². The molecule has 0 amide bonds. The number of benzene rings is 2. The number of nitrogens with zero attached hydrogens (tertiary/aromatic N) is 3. The van der Waals surface area contributed by atoms with Crippen molar-refractivity contribution in [3.8, 4) is 11.3 Å². The minimum absolute atomic E-state index is 0.360. The van der Waals surface area contributed by atoms with Crippen molar-refractivity contribution in [1.82, 2.24) is 14.1 Å². The molecule has 0 spiro atoms. The normalized spacial score (nSPS) is 11.3. The molecule has 0 aliphatic carbocycles. The molecule has 0 unspecified atom stereocenters. The van der Waals surface area contributed by atoms with E-state index in [2.05, 4.69) is 0 Å². The quantitative estimate of drug-likeness (QED) is 0.495. The van der Waals surface area contributed by atoms with Gasteiger partial charge in [-0.1, -0.05) is 41.9 Å². The number of hydrogen-bond acceptors (Lipinski definition) is 3. The lowest BCUT2D eigenvalue weighted by Gasteiger charge is -2.13. The minimum atomic E-state index is -0.365. The average Bonchev–Trinajstić information content (AvgIpc) is 2.63. The smallest absolute Gasteiger partial charge is 0.295 e. The molecule has 0 radical (unpaired) electrons. The summed E-state index contributed by atoms with van der Waals surface area (Å²) in [5.74, 6) is 0. The summed E-state index contributed by atoms with van der Waals surface area (Å²) in [6, 6.07) is 14.6. The average molecular weight is 352 g/mol. The predicted molar refractivity (Wildman–Crippen MR) is 100 cm³/mol. The molecule has 0 saturated heterocycles. The molecule has 25 heavy (non-hydrogen) atoms. The fourth-order valence-corrected chi connectivity index (χ4v) is 3.26. The highest BCUT2D eigenvalue weighted by molar-refractivity contribution is 6.30. The summed E-state index contributed by atoms with van der Waals surface area (Å²) < 4.78 is 2.61. The van der Waals surface area contributed by atoms with Crippen LogP contribution in [0.4, 0.5) is 0 Å². The zero-order chi connectivity index (χ0) is 17.7. The van der Waals surface area contributed by atoms with Crippen molar-refractivity contribution in [2.24, 2.45) is 14.1 Å². The second-order valence-electron chi connectivity index (χ2n) is 5.91. The van der Waals surface area contributed by atoms with E-state index in [4.69, 9.17) is 16.6 Å². The molecular weight excluding hydrogens is 338 g/mol. The third-order valence-electron chi connectivity index (χ3n) is 4.41. The van der Waals surface area contributed by atoms with Gasteiger partial charge >= 0.3 is 5.69 Å². The minimum Gasteiger partial charge on any atom is -0.295 e. The van der Waals surface area contributed by atoms with E-state index in [0.29, 0.717) is 21.6 Å². The molecule has 2 aromatic carbocycles. The van der Waals surface area contributed by atoms with Gasteiger partial charge in [0.25, 0.3) is 5.56 Å². The van der Waals surface area contributed by atoms with E-state index in [1.165, 1.54) is 11.6 Å². The molecule has 4 rings (SSSR count). The first-order valence-corrected chi connectivity index (χ1v) is 8.11. The van der Waals surface area contributed by atoms with Crippen LogP contribution < -0.4 is 11.2 Å². The number of pyridine rings is 1. The monoisotopic (exact) mass is 351 g/mol. The van der Waals surface area contributed by atoms with E-state index in [9.17, 15) is 9.59 Å². The lowest BCUT2D eigenvalue weighted by Crippen LogP contribution is -2.37. The number of para-hydroxylation sites is 1. The number of rotatable bonds is 1. The highest BCUT2D eigenvalue weighted by Crippen LogP contribution is 2.30. The molecule has 0 aliphatic heterocycles. The van der Waals surface area contributed by atoms with Crippen LogP contribution in [0, 0.1) is 0 Å². The number of aromatic nitrogens is 3. The zero-order valence-corrected chi connectivity index (χ0v) is 14.4. The Labute approximate surface area is 147 Å².